The normalized spacial score (nSPS) is 15.7. The van der Waals surface area contributed by atoms with Gasteiger partial charge in [-0.3, -0.25) is 4.90 Å². The number of nitrogens with two attached hydrogens (primary N) is 1. The lowest BCUT2D eigenvalue weighted by molar-refractivity contribution is -0.139. The van der Waals surface area contributed by atoms with Crippen molar-refractivity contribution in [3.8, 4) is 6.07 Å². The fraction of sp³-hybridized carbons (Fsp3) is 0.208. The third kappa shape index (κ3) is 4.36. The molecule has 3 rings (SSSR count). The number of benzene rings is 2. The van der Waals surface area contributed by atoms with E-state index in [-0.39, 0.29) is 22.7 Å². The first-order valence-corrected chi connectivity index (χ1v) is 10.5. The van der Waals surface area contributed by atoms with Gasteiger partial charge in [0.05, 0.1) is 48.7 Å². The summed E-state index contributed by atoms with van der Waals surface area (Å²) in [7, 11) is 2.40. The summed E-state index contributed by atoms with van der Waals surface area (Å²) in [5.74, 6) is -2.57. The molecule has 0 saturated carbocycles. The van der Waals surface area contributed by atoms with Crippen LogP contribution >= 0.6 is 11.6 Å². The zero-order valence-corrected chi connectivity index (χ0v) is 19.1. The molecule has 1 aliphatic rings. The number of allylic oxidation sites excluding steroid dienone is 1. The van der Waals surface area contributed by atoms with Gasteiger partial charge in [0.15, 0.2) is 0 Å². The largest absolute Gasteiger partial charge is 0.466 e. The summed E-state index contributed by atoms with van der Waals surface area (Å²) in [5.41, 5.74) is 7.93. The molecule has 0 aliphatic carbocycles. The Morgan fingerprint density at radius 3 is 2.39 bits per heavy atom. The second kappa shape index (κ2) is 10.1. The second-order valence-electron chi connectivity index (χ2n) is 7.03. The molecule has 2 aromatic rings. The topological polar surface area (TPSA) is 118 Å². The second-order valence-corrected chi connectivity index (χ2v) is 7.46. The first-order valence-electron chi connectivity index (χ1n) is 10.1. The van der Waals surface area contributed by atoms with Crippen molar-refractivity contribution in [2.45, 2.75) is 12.8 Å². The van der Waals surface area contributed by atoms with Gasteiger partial charge in [0.2, 0.25) is 0 Å². The molecule has 1 aliphatic heterocycles. The van der Waals surface area contributed by atoms with Crippen LogP contribution in [0.25, 0.3) is 0 Å². The Bertz CT molecular complexity index is 1180. The van der Waals surface area contributed by atoms with E-state index >= 15 is 0 Å². The number of nitrogens with one attached hydrogen (secondary N) is 1. The molecule has 33 heavy (non-hydrogen) atoms. The summed E-state index contributed by atoms with van der Waals surface area (Å²) in [4.78, 5) is 27.5. The van der Waals surface area contributed by atoms with Crippen molar-refractivity contribution in [2.75, 3.05) is 31.0 Å². The van der Waals surface area contributed by atoms with Crippen LogP contribution in [0.5, 0.6) is 0 Å². The fourth-order valence-electron chi connectivity index (χ4n) is 3.79. The van der Waals surface area contributed by atoms with Crippen molar-refractivity contribution in [1.29, 1.82) is 5.26 Å². The number of hydrogen-bond donors (Lipinski definition) is 2. The molecule has 0 radical (unpaired) electrons. The zero-order valence-electron chi connectivity index (χ0n) is 18.4. The molecule has 0 aromatic heterocycles. The van der Waals surface area contributed by atoms with E-state index in [2.05, 4.69) is 11.4 Å². The van der Waals surface area contributed by atoms with E-state index in [0.717, 1.165) is 0 Å². The molecule has 1 heterocycles. The van der Waals surface area contributed by atoms with Crippen LogP contribution in [-0.2, 0) is 19.1 Å². The van der Waals surface area contributed by atoms with Crippen molar-refractivity contribution in [2.24, 2.45) is 5.73 Å². The van der Waals surface area contributed by atoms with Gasteiger partial charge in [-0.1, -0.05) is 41.9 Å². The number of carbonyl (C=O) groups is 2. The molecule has 2 aromatic carbocycles. The first-order chi connectivity index (χ1) is 15.9. The Balaban J connectivity index is 2.45. The number of halogens is 1. The Morgan fingerprint density at radius 2 is 1.82 bits per heavy atom. The van der Waals surface area contributed by atoms with E-state index in [9.17, 15) is 14.9 Å². The maximum Gasteiger partial charge on any atom is 0.355 e. The summed E-state index contributed by atoms with van der Waals surface area (Å²) in [6.07, 6.45) is 0. The van der Waals surface area contributed by atoms with E-state index in [1.54, 1.807) is 48.5 Å². The van der Waals surface area contributed by atoms with Crippen LogP contribution in [0.2, 0.25) is 5.02 Å². The number of rotatable bonds is 6. The first kappa shape index (κ1) is 23.7. The minimum atomic E-state index is -0.934. The SMILES string of the molecule is CCNc1ccc(Cl)cc1N1C(N)=C(C#N)C(c2ccccc2)C(C(=O)OC)=C1C(=O)OC. The molecular formula is C24H23ClN4O4. The molecule has 0 saturated heterocycles. The van der Waals surface area contributed by atoms with Gasteiger partial charge in [0, 0.05) is 11.6 Å². The summed E-state index contributed by atoms with van der Waals surface area (Å²) in [6, 6.07) is 15.9. The van der Waals surface area contributed by atoms with Gasteiger partial charge < -0.3 is 20.5 Å². The minimum Gasteiger partial charge on any atom is -0.466 e. The third-order valence-corrected chi connectivity index (χ3v) is 5.41. The molecule has 0 amide bonds. The molecule has 3 N–H and O–H groups in total. The molecule has 9 heteroatoms. The molecule has 8 nitrogen and oxygen atoms in total. The molecule has 170 valence electrons. The molecule has 0 fully saturated rings. The number of anilines is 2. The van der Waals surface area contributed by atoms with E-state index < -0.39 is 17.9 Å². The smallest absolute Gasteiger partial charge is 0.355 e. The van der Waals surface area contributed by atoms with Gasteiger partial charge in [-0.25, -0.2) is 9.59 Å². The Kier molecular flexibility index (Phi) is 7.26. The van der Waals surface area contributed by atoms with Crippen molar-refractivity contribution >= 4 is 34.9 Å². The molecule has 0 spiro atoms. The average molecular weight is 467 g/mol. The Hall–Kier alpha value is -3.96. The van der Waals surface area contributed by atoms with Crippen LogP contribution in [0.4, 0.5) is 11.4 Å². The summed E-state index contributed by atoms with van der Waals surface area (Å²) in [6.45, 7) is 2.46. The van der Waals surface area contributed by atoms with E-state index in [0.29, 0.717) is 28.5 Å². The van der Waals surface area contributed by atoms with Crippen molar-refractivity contribution in [1.82, 2.24) is 0 Å². The van der Waals surface area contributed by atoms with Gasteiger partial charge in [0.1, 0.15) is 11.5 Å². The maximum atomic E-state index is 13.1. The molecule has 1 atom stereocenters. The predicted octanol–water partition coefficient (Wildman–Crippen LogP) is 3.67. The number of nitriles is 1. The Labute approximate surface area is 196 Å². The van der Waals surface area contributed by atoms with Crippen molar-refractivity contribution in [3.63, 3.8) is 0 Å². The number of methoxy groups -OCH3 is 2. The lowest BCUT2D eigenvalue weighted by Crippen LogP contribution is -2.41. The number of hydrogen-bond acceptors (Lipinski definition) is 8. The number of carbonyl (C=O) groups excluding carboxylic acids is 2. The minimum absolute atomic E-state index is 0.0270. The summed E-state index contributed by atoms with van der Waals surface area (Å²) >= 11 is 6.27. The summed E-state index contributed by atoms with van der Waals surface area (Å²) in [5, 5.41) is 13.6. The van der Waals surface area contributed by atoms with Gasteiger partial charge in [-0.2, -0.15) is 5.26 Å². The highest BCUT2D eigenvalue weighted by Gasteiger charge is 2.43. The summed E-state index contributed by atoms with van der Waals surface area (Å²) < 4.78 is 10.1. The van der Waals surface area contributed by atoms with Crippen LogP contribution in [0.15, 0.2) is 71.2 Å². The quantitative estimate of drug-likeness (QED) is 0.619. The van der Waals surface area contributed by atoms with Gasteiger partial charge in [0.25, 0.3) is 0 Å². The Morgan fingerprint density at radius 1 is 1.15 bits per heavy atom. The number of esters is 2. The maximum absolute atomic E-state index is 13.1. The lowest BCUT2D eigenvalue weighted by Gasteiger charge is -2.36. The molecule has 0 bridgehead atoms. The zero-order chi connectivity index (χ0) is 24.1. The van der Waals surface area contributed by atoms with Crippen molar-refractivity contribution < 1.29 is 19.1 Å². The van der Waals surface area contributed by atoms with E-state index in [1.807, 2.05) is 6.92 Å². The lowest BCUT2D eigenvalue weighted by atomic mass is 9.81. The van der Waals surface area contributed by atoms with Crippen LogP contribution < -0.4 is 16.0 Å². The third-order valence-electron chi connectivity index (χ3n) is 5.18. The van der Waals surface area contributed by atoms with Crippen LogP contribution in [0.1, 0.15) is 18.4 Å². The van der Waals surface area contributed by atoms with Gasteiger partial charge in [-0.05, 0) is 30.7 Å². The van der Waals surface area contributed by atoms with E-state index in [4.69, 9.17) is 26.8 Å². The van der Waals surface area contributed by atoms with Crippen LogP contribution in [0.3, 0.4) is 0 Å². The fourth-order valence-corrected chi connectivity index (χ4v) is 3.96. The molecule has 1 unspecified atom stereocenters. The van der Waals surface area contributed by atoms with Gasteiger partial charge >= 0.3 is 11.9 Å². The van der Waals surface area contributed by atoms with Crippen LogP contribution in [0, 0.1) is 11.3 Å². The average Bonchev–Trinajstić information content (AvgIpc) is 2.84. The standard InChI is InChI=1S/C24H23ClN4O4/c1-4-28-17-11-10-15(25)12-18(17)29-21(24(31)33-3)20(23(30)32-2)19(16(13-26)22(29)27)14-8-6-5-7-9-14/h5-12,19,28H,4,27H2,1-3H3. The van der Waals surface area contributed by atoms with Crippen molar-refractivity contribution in [3.05, 3.63) is 81.8 Å². The van der Waals surface area contributed by atoms with Crippen LogP contribution in [-0.4, -0.2) is 32.7 Å². The van der Waals surface area contributed by atoms with E-state index in [1.165, 1.54) is 19.1 Å². The highest BCUT2D eigenvalue weighted by Crippen LogP contribution is 2.45. The monoisotopic (exact) mass is 466 g/mol. The number of nitrogens with zero attached hydrogens (tertiary/aromatic N) is 2. The molecular weight excluding hydrogens is 444 g/mol. The highest BCUT2D eigenvalue weighted by molar-refractivity contribution is 6.31. The van der Waals surface area contributed by atoms with Gasteiger partial charge in [-0.15, -0.1) is 0 Å². The number of ether oxygens (including phenoxy) is 2. The predicted molar refractivity (Wildman–Crippen MR) is 125 cm³/mol. The highest BCUT2D eigenvalue weighted by atomic mass is 35.5.